The maximum atomic E-state index is 12.3. The number of amides is 2. The number of carbonyl (C=O) groups excluding carboxylic acids is 2. The van der Waals surface area contributed by atoms with Gasteiger partial charge in [-0.25, -0.2) is 4.68 Å². The van der Waals surface area contributed by atoms with Crippen molar-refractivity contribution in [3.05, 3.63) is 78.1 Å². The molecule has 6 nitrogen and oxygen atoms in total. The molecule has 2 N–H and O–H groups in total. The lowest BCUT2D eigenvalue weighted by Crippen LogP contribution is -2.22. The summed E-state index contributed by atoms with van der Waals surface area (Å²) in [6.45, 7) is 1.84. The Hall–Kier alpha value is -3.41. The van der Waals surface area contributed by atoms with Crippen LogP contribution >= 0.6 is 0 Å². The third kappa shape index (κ3) is 4.32. The summed E-state index contributed by atoms with van der Waals surface area (Å²) >= 11 is 0. The van der Waals surface area contributed by atoms with E-state index in [1.54, 1.807) is 29.1 Å². The summed E-state index contributed by atoms with van der Waals surface area (Å²) in [6.07, 6.45) is 3.55. The summed E-state index contributed by atoms with van der Waals surface area (Å²) in [5.74, 6) is -0.282. The molecule has 0 aliphatic carbocycles. The highest BCUT2D eigenvalue weighted by atomic mass is 16.2. The molecule has 0 fully saturated rings. The number of aromatic nitrogens is 2. The molecule has 1 aromatic heterocycles. The number of carbonyl (C=O) groups is 2. The molecule has 0 aliphatic heterocycles. The summed E-state index contributed by atoms with van der Waals surface area (Å²) in [6, 6.07) is 16.4. The zero-order chi connectivity index (χ0) is 17.6. The lowest BCUT2D eigenvalue weighted by molar-refractivity contribution is -0.114. The topological polar surface area (TPSA) is 76.0 Å². The molecule has 2 amide bonds. The van der Waals surface area contributed by atoms with Crippen LogP contribution in [0.15, 0.2) is 67.0 Å². The number of hydrogen-bond donors (Lipinski definition) is 2. The van der Waals surface area contributed by atoms with Gasteiger partial charge in [0.15, 0.2) is 0 Å². The number of benzene rings is 2. The van der Waals surface area contributed by atoms with Gasteiger partial charge in [0, 0.05) is 37.1 Å². The minimum Gasteiger partial charge on any atom is -0.348 e. The van der Waals surface area contributed by atoms with Gasteiger partial charge in [-0.15, -0.1) is 0 Å². The zero-order valence-corrected chi connectivity index (χ0v) is 13.8. The minimum absolute atomic E-state index is 0.126. The third-order valence-electron chi connectivity index (χ3n) is 3.60. The minimum atomic E-state index is -0.156. The van der Waals surface area contributed by atoms with Crippen LogP contribution in [0.25, 0.3) is 5.69 Å². The van der Waals surface area contributed by atoms with Crippen LogP contribution in [0.1, 0.15) is 22.8 Å². The van der Waals surface area contributed by atoms with Crippen molar-refractivity contribution < 1.29 is 9.59 Å². The summed E-state index contributed by atoms with van der Waals surface area (Å²) in [5.41, 5.74) is 3.09. The van der Waals surface area contributed by atoms with Gasteiger partial charge in [-0.3, -0.25) is 9.59 Å². The van der Waals surface area contributed by atoms with Gasteiger partial charge in [0.2, 0.25) is 5.91 Å². The van der Waals surface area contributed by atoms with E-state index in [0.29, 0.717) is 17.8 Å². The molecular formula is C19H18N4O2. The van der Waals surface area contributed by atoms with E-state index < -0.39 is 0 Å². The molecule has 0 saturated heterocycles. The molecule has 0 atom stereocenters. The van der Waals surface area contributed by atoms with E-state index in [1.165, 1.54) is 6.92 Å². The highest BCUT2D eigenvalue weighted by Gasteiger charge is 2.06. The standard InChI is InChI=1S/C19H18N4O2/c1-14(24)22-17-5-2-4-15(12-17)13-20-19(25)16-6-8-18(9-7-16)23-11-3-10-21-23/h2-12H,13H2,1H3,(H,20,25)(H,22,24). The first kappa shape index (κ1) is 16.4. The Morgan fingerprint density at radius 2 is 1.88 bits per heavy atom. The lowest BCUT2D eigenvalue weighted by Gasteiger charge is -2.08. The van der Waals surface area contributed by atoms with E-state index in [2.05, 4.69) is 15.7 Å². The number of anilines is 1. The van der Waals surface area contributed by atoms with Crippen LogP contribution in [0.3, 0.4) is 0 Å². The SMILES string of the molecule is CC(=O)Nc1cccc(CNC(=O)c2ccc(-n3cccn3)cc2)c1. The Labute approximate surface area is 145 Å². The summed E-state index contributed by atoms with van der Waals surface area (Å²) < 4.78 is 1.73. The average Bonchev–Trinajstić information content (AvgIpc) is 3.14. The summed E-state index contributed by atoms with van der Waals surface area (Å²) in [7, 11) is 0. The second-order valence-corrected chi connectivity index (χ2v) is 5.56. The molecule has 0 bridgehead atoms. The largest absolute Gasteiger partial charge is 0.348 e. The number of hydrogen-bond acceptors (Lipinski definition) is 3. The fraction of sp³-hybridized carbons (Fsp3) is 0.105. The molecule has 0 aliphatic rings. The van der Waals surface area contributed by atoms with Crippen LogP contribution in [-0.4, -0.2) is 21.6 Å². The van der Waals surface area contributed by atoms with E-state index in [-0.39, 0.29) is 11.8 Å². The van der Waals surface area contributed by atoms with E-state index in [4.69, 9.17) is 0 Å². The van der Waals surface area contributed by atoms with Crippen LogP contribution in [0.4, 0.5) is 5.69 Å². The lowest BCUT2D eigenvalue weighted by atomic mass is 10.1. The molecule has 3 aromatic rings. The van der Waals surface area contributed by atoms with Gasteiger partial charge in [0.05, 0.1) is 5.69 Å². The molecule has 3 rings (SSSR count). The molecule has 0 saturated carbocycles. The van der Waals surface area contributed by atoms with Gasteiger partial charge in [-0.1, -0.05) is 12.1 Å². The van der Waals surface area contributed by atoms with Gasteiger partial charge >= 0.3 is 0 Å². The summed E-state index contributed by atoms with van der Waals surface area (Å²) in [5, 5.41) is 9.75. The van der Waals surface area contributed by atoms with Crippen molar-refractivity contribution >= 4 is 17.5 Å². The monoisotopic (exact) mass is 334 g/mol. The smallest absolute Gasteiger partial charge is 0.251 e. The van der Waals surface area contributed by atoms with Crippen LogP contribution in [0, 0.1) is 0 Å². The van der Waals surface area contributed by atoms with E-state index >= 15 is 0 Å². The van der Waals surface area contributed by atoms with Crippen molar-refractivity contribution in [3.8, 4) is 5.69 Å². The Bertz CT molecular complexity index is 871. The van der Waals surface area contributed by atoms with Crippen LogP contribution < -0.4 is 10.6 Å². The molecule has 6 heteroatoms. The van der Waals surface area contributed by atoms with Gasteiger partial charge < -0.3 is 10.6 Å². The predicted octanol–water partition coefficient (Wildman–Crippen LogP) is 2.76. The fourth-order valence-electron chi connectivity index (χ4n) is 2.43. The fourth-order valence-corrected chi connectivity index (χ4v) is 2.43. The maximum absolute atomic E-state index is 12.3. The molecule has 126 valence electrons. The van der Waals surface area contributed by atoms with Gasteiger partial charge in [0.25, 0.3) is 5.91 Å². The van der Waals surface area contributed by atoms with Crippen molar-refractivity contribution in [1.82, 2.24) is 15.1 Å². The normalized spacial score (nSPS) is 10.3. The second-order valence-electron chi connectivity index (χ2n) is 5.56. The Balaban J connectivity index is 1.62. The highest BCUT2D eigenvalue weighted by Crippen LogP contribution is 2.12. The number of rotatable bonds is 5. The Morgan fingerprint density at radius 1 is 1.08 bits per heavy atom. The predicted molar refractivity (Wildman–Crippen MR) is 95.5 cm³/mol. The van der Waals surface area contributed by atoms with Crippen molar-refractivity contribution in [2.24, 2.45) is 0 Å². The maximum Gasteiger partial charge on any atom is 0.251 e. The van der Waals surface area contributed by atoms with Gasteiger partial charge in [0.1, 0.15) is 0 Å². The van der Waals surface area contributed by atoms with Crippen molar-refractivity contribution in [1.29, 1.82) is 0 Å². The molecule has 0 unspecified atom stereocenters. The van der Waals surface area contributed by atoms with Crippen molar-refractivity contribution in [3.63, 3.8) is 0 Å². The molecule has 0 spiro atoms. The second kappa shape index (κ2) is 7.44. The van der Waals surface area contributed by atoms with Crippen LogP contribution in [-0.2, 0) is 11.3 Å². The Kier molecular flexibility index (Phi) is 4.89. The molecule has 2 aromatic carbocycles. The van der Waals surface area contributed by atoms with Gasteiger partial charge in [-0.05, 0) is 48.0 Å². The Morgan fingerprint density at radius 3 is 2.56 bits per heavy atom. The molecular weight excluding hydrogens is 316 g/mol. The molecule has 25 heavy (non-hydrogen) atoms. The third-order valence-corrected chi connectivity index (χ3v) is 3.60. The molecule has 1 heterocycles. The number of nitrogens with zero attached hydrogens (tertiary/aromatic N) is 2. The van der Waals surface area contributed by atoms with E-state index in [1.807, 2.05) is 42.6 Å². The highest BCUT2D eigenvalue weighted by molar-refractivity contribution is 5.94. The van der Waals surface area contributed by atoms with Gasteiger partial charge in [-0.2, -0.15) is 5.10 Å². The summed E-state index contributed by atoms with van der Waals surface area (Å²) in [4.78, 5) is 23.4. The van der Waals surface area contributed by atoms with E-state index in [9.17, 15) is 9.59 Å². The van der Waals surface area contributed by atoms with E-state index in [0.717, 1.165) is 11.3 Å². The van der Waals surface area contributed by atoms with Crippen LogP contribution in [0.2, 0.25) is 0 Å². The first-order chi connectivity index (χ1) is 12.1. The first-order valence-corrected chi connectivity index (χ1v) is 7.86. The average molecular weight is 334 g/mol. The van der Waals surface area contributed by atoms with Crippen LogP contribution in [0.5, 0.6) is 0 Å². The zero-order valence-electron chi connectivity index (χ0n) is 13.8. The molecule has 0 radical (unpaired) electrons. The quantitative estimate of drug-likeness (QED) is 0.753. The van der Waals surface area contributed by atoms with Crippen molar-refractivity contribution in [2.45, 2.75) is 13.5 Å². The first-order valence-electron chi connectivity index (χ1n) is 7.86. The number of nitrogens with one attached hydrogen (secondary N) is 2. The van der Waals surface area contributed by atoms with Crippen molar-refractivity contribution in [2.75, 3.05) is 5.32 Å².